The van der Waals surface area contributed by atoms with E-state index in [0.29, 0.717) is 5.69 Å². The molecule has 0 fully saturated rings. The molecular weight excluding hydrogens is 314 g/mol. The number of allylic oxidation sites excluding steroid dienone is 1. The number of aryl methyl sites for hydroxylation is 2. The summed E-state index contributed by atoms with van der Waals surface area (Å²) in [6, 6.07) is 13.4. The smallest absolute Gasteiger partial charge is 0.275 e. The minimum atomic E-state index is -0.346. The molecule has 1 aromatic heterocycles. The van der Waals surface area contributed by atoms with E-state index in [4.69, 9.17) is 0 Å². The Kier molecular flexibility index (Phi) is 3.42. The van der Waals surface area contributed by atoms with Crippen molar-refractivity contribution >= 4 is 23.6 Å². The molecule has 1 aliphatic rings. The van der Waals surface area contributed by atoms with Crippen LogP contribution in [0.15, 0.2) is 52.3 Å². The summed E-state index contributed by atoms with van der Waals surface area (Å²) in [7, 11) is 0. The standard InChI is InChI=1S/C20H17N3O2/c1-12-7-8-15(9-13(12)2)23-20(25)17(19(24)22-23)10-14-11-21-18-6-4-3-5-16(14)18/h3-11,25H,1-2H3,(H,22,24)/b14-10+. The Balaban J connectivity index is 1.82. The van der Waals surface area contributed by atoms with E-state index >= 15 is 0 Å². The van der Waals surface area contributed by atoms with Gasteiger partial charge in [0.2, 0.25) is 5.88 Å². The lowest BCUT2D eigenvalue weighted by Gasteiger charge is -2.07. The largest absolute Gasteiger partial charge is 0.493 e. The molecule has 124 valence electrons. The lowest BCUT2D eigenvalue weighted by atomic mass is 10.1. The molecule has 25 heavy (non-hydrogen) atoms. The van der Waals surface area contributed by atoms with E-state index in [9.17, 15) is 9.90 Å². The molecule has 0 aliphatic carbocycles. The Morgan fingerprint density at radius 3 is 2.72 bits per heavy atom. The topological polar surface area (TPSA) is 70.4 Å². The Morgan fingerprint density at radius 2 is 1.92 bits per heavy atom. The molecule has 1 aliphatic heterocycles. The lowest BCUT2D eigenvalue weighted by Crippen LogP contribution is -2.05. The number of aromatic amines is 1. The van der Waals surface area contributed by atoms with Crippen molar-refractivity contribution in [3.63, 3.8) is 0 Å². The van der Waals surface area contributed by atoms with E-state index in [1.165, 1.54) is 4.68 Å². The van der Waals surface area contributed by atoms with Crippen LogP contribution in [-0.2, 0) is 0 Å². The zero-order valence-electron chi connectivity index (χ0n) is 13.9. The summed E-state index contributed by atoms with van der Waals surface area (Å²) in [6.45, 7) is 4.01. The summed E-state index contributed by atoms with van der Waals surface area (Å²) in [5, 5.41) is 13.3. The van der Waals surface area contributed by atoms with Gasteiger partial charge in [-0.1, -0.05) is 24.3 Å². The summed E-state index contributed by atoms with van der Waals surface area (Å²) in [4.78, 5) is 16.7. The van der Waals surface area contributed by atoms with Crippen molar-refractivity contribution in [2.45, 2.75) is 13.8 Å². The highest BCUT2D eigenvalue weighted by molar-refractivity contribution is 6.21. The van der Waals surface area contributed by atoms with Crippen LogP contribution in [0.2, 0.25) is 0 Å². The van der Waals surface area contributed by atoms with Crippen LogP contribution in [0, 0.1) is 13.8 Å². The molecular formula is C20H17N3O2. The molecule has 4 rings (SSSR count). The summed E-state index contributed by atoms with van der Waals surface area (Å²) in [6.07, 6.45) is 3.37. The van der Waals surface area contributed by atoms with Crippen molar-refractivity contribution in [1.82, 2.24) is 9.78 Å². The van der Waals surface area contributed by atoms with E-state index < -0.39 is 0 Å². The molecule has 2 N–H and O–H groups in total. The molecule has 2 heterocycles. The number of hydrogen-bond donors (Lipinski definition) is 2. The second-order valence-corrected chi connectivity index (χ2v) is 6.16. The van der Waals surface area contributed by atoms with Crippen LogP contribution in [0.4, 0.5) is 5.69 Å². The van der Waals surface area contributed by atoms with E-state index in [1.807, 2.05) is 56.3 Å². The first kappa shape index (κ1) is 15.2. The third-order valence-corrected chi connectivity index (χ3v) is 4.52. The fourth-order valence-electron chi connectivity index (χ4n) is 2.93. The van der Waals surface area contributed by atoms with Gasteiger partial charge < -0.3 is 5.11 Å². The normalized spacial score (nSPS) is 14.2. The molecule has 0 atom stereocenters. The molecule has 0 saturated carbocycles. The first-order valence-corrected chi connectivity index (χ1v) is 8.01. The molecule has 0 radical (unpaired) electrons. The molecule has 0 amide bonds. The Morgan fingerprint density at radius 1 is 1.12 bits per heavy atom. The van der Waals surface area contributed by atoms with Gasteiger partial charge >= 0.3 is 0 Å². The number of para-hydroxylation sites is 1. The number of aromatic nitrogens is 2. The van der Waals surface area contributed by atoms with Crippen LogP contribution in [0.1, 0.15) is 22.3 Å². The van der Waals surface area contributed by atoms with E-state index in [-0.39, 0.29) is 17.0 Å². The predicted octanol–water partition coefficient (Wildman–Crippen LogP) is 3.74. The Bertz CT molecular complexity index is 1100. The molecule has 3 aromatic rings. The molecule has 0 saturated heterocycles. The van der Waals surface area contributed by atoms with E-state index in [1.54, 1.807) is 12.3 Å². The Labute approximate surface area is 144 Å². The third kappa shape index (κ3) is 2.50. The lowest BCUT2D eigenvalue weighted by molar-refractivity contribution is 0.432. The quantitative estimate of drug-likeness (QED) is 0.751. The maximum atomic E-state index is 12.4. The van der Waals surface area contributed by atoms with Crippen molar-refractivity contribution in [3.8, 4) is 11.6 Å². The van der Waals surface area contributed by atoms with Crippen LogP contribution in [0.5, 0.6) is 5.88 Å². The third-order valence-electron chi connectivity index (χ3n) is 4.52. The maximum Gasteiger partial charge on any atom is 0.275 e. The summed E-state index contributed by atoms with van der Waals surface area (Å²) in [5.74, 6) is -0.112. The molecule has 0 unspecified atom stereocenters. The average molecular weight is 331 g/mol. The molecule has 2 aromatic carbocycles. The maximum absolute atomic E-state index is 12.4. The van der Waals surface area contributed by atoms with Crippen LogP contribution in [0.25, 0.3) is 17.3 Å². The molecule has 5 heteroatoms. The van der Waals surface area contributed by atoms with E-state index in [0.717, 1.165) is 28.0 Å². The van der Waals surface area contributed by atoms with Crippen molar-refractivity contribution in [1.29, 1.82) is 0 Å². The van der Waals surface area contributed by atoms with Gasteiger partial charge in [0, 0.05) is 17.4 Å². The number of H-pyrrole nitrogens is 1. The summed E-state index contributed by atoms with van der Waals surface area (Å²) >= 11 is 0. The van der Waals surface area contributed by atoms with Crippen molar-refractivity contribution in [3.05, 3.63) is 75.1 Å². The highest BCUT2D eigenvalue weighted by Crippen LogP contribution is 2.33. The fourth-order valence-corrected chi connectivity index (χ4v) is 2.93. The number of fused-ring (bicyclic) bond motifs is 1. The van der Waals surface area contributed by atoms with Crippen LogP contribution in [0.3, 0.4) is 0 Å². The van der Waals surface area contributed by atoms with Crippen LogP contribution >= 0.6 is 0 Å². The first-order valence-electron chi connectivity index (χ1n) is 8.01. The van der Waals surface area contributed by atoms with E-state index in [2.05, 4.69) is 10.1 Å². The summed E-state index contributed by atoms with van der Waals surface area (Å²) in [5.41, 5.74) is 5.43. The van der Waals surface area contributed by atoms with Gasteiger partial charge in [0.05, 0.1) is 11.4 Å². The van der Waals surface area contributed by atoms with Crippen LogP contribution in [-0.4, -0.2) is 21.1 Å². The zero-order valence-corrected chi connectivity index (χ0v) is 13.9. The molecule has 0 bridgehead atoms. The minimum Gasteiger partial charge on any atom is -0.493 e. The van der Waals surface area contributed by atoms with Gasteiger partial charge in [-0.3, -0.25) is 14.9 Å². The number of nitrogens with zero attached hydrogens (tertiary/aromatic N) is 2. The Hall–Kier alpha value is -3.34. The monoisotopic (exact) mass is 331 g/mol. The average Bonchev–Trinajstić information content (AvgIpc) is 3.14. The zero-order chi connectivity index (χ0) is 17.6. The van der Waals surface area contributed by atoms with Gasteiger partial charge in [0.15, 0.2) is 0 Å². The predicted molar refractivity (Wildman–Crippen MR) is 100.0 cm³/mol. The van der Waals surface area contributed by atoms with Crippen molar-refractivity contribution < 1.29 is 5.11 Å². The van der Waals surface area contributed by atoms with Gasteiger partial charge in [-0.15, -0.1) is 0 Å². The van der Waals surface area contributed by atoms with Crippen LogP contribution < -0.4 is 5.56 Å². The van der Waals surface area contributed by atoms with Gasteiger partial charge in [0.25, 0.3) is 5.56 Å². The van der Waals surface area contributed by atoms with Gasteiger partial charge in [0.1, 0.15) is 5.56 Å². The number of aliphatic imine (C=N–C) groups is 1. The van der Waals surface area contributed by atoms with Gasteiger partial charge in [-0.05, 0) is 49.2 Å². The highest BCUT2D eigenvalue weighted by atomic mass is 16.3. The number of hydrogen-bond acceptors (Lipinski definition) is 3. The van der Waals surface area contributed by atoms with Crippen molar-refractivity contribution in [2.75, 3.05) is 0 Å². The fraction of sp³-hybridized carbons (Fsp3) is 0.100. The molecule has 0 spiro atoms. The van der Waals surface area contributed by atoms with Gasteiger partial charge in [-0.2, -0.15) is 0 Å². The highest BCUT2D eigenvalue weighted by Gasteiger charge is 2.17. The number of benzene rings is 2. The minimum absolute atomic E-state index is 0.112. The summed E-state index contributed by atoms with van der Waals surface area (Å²) < 4.78 is 1.40. The number of nitrogens with one attached hydrogen (secondary N) is 1. The molecule has 5 nitrogen and oxygen atoms in total. The number of rotatable bonds is 2. The van der Waals surface area contributed by atoms with Crippen molar-refractivity contribution in [2.24, 2.45) is 4.99 Å². The second kappa shape index (κ2) is 5.63. The second-order valence-electron chi connectivity index (χ2n) is 6.16. The SMILES string of the molecule is Cc1ccc(-n2[nH]c(=O)c(/C=C3\C=Nc4ccccc43)c2O)cc1C. The number of aromatic hydroxyl groups is 1. The first-order chi connectivity index (χ1) is 12.0. The van der Waals surface area contributed by atoms with Gasteiger partial charge in [-0.25, -0.2) is 4.68 Å².